The Kier molecular flexibility index (Phi) is 32.8. The summed E-state index contributed by atoms with van der Waals surface area (Å²) in [6, 6.07) is 0. The summed E-state index contributed by atoms with van der Waals surface area (Å²) < 4.78 is 12.3. The van der Waals surface area contributed by atoms with Crippen LogP contribution in [0.1, 0.15) is 168 Å². The molecular weight excluding hydrogens is 562 g/mol. The molecule has 3 heteroatoms. The highest BCUT2D eigenvalue weighted by Gasteiger charge is 2.30. The zero-order valence-electron chi connectivity index (χ0n) is 31.3. The van der Waals surface area contributed by atoms with E-state index in [2.05, 4.69) is 74.4 Å². The van der Waals surface area contributed by atoms with E-state index >= 15 is 0 Å². The van der Waals surface area contributed by atoms with Crippen molar-refractivity contribution < 1.29 is 9.47 Å². The topological polar surface area (TPSA) is 21.7 Å². The monoisotopic (exact) mass is 642 g/mol. The molecule has 1 aliphatic heterocycles. The molecule has 0 amide bonds. The van der Waals surface area contributed by atoms with Gasteiger partial charge in [0.25, 0.3) is 0 Å². The van der Waals surface area contributed by atoms with Gasteiger partial charge in [0.05, 0.1) is 13.2 Å². The van der Waals surface area contributed by atoms with Crippen LogP contribution in [0.3, 0.4) is 0 Å². The van der Waals surface area contributed by atoms with Crippen LogP contribution in [0.15, 0.2) is 48.6 Å². The Morgan fingerprint density at radius 2 is 0.761 bits per heavy atom. The van der Waals surface area contributed by atoms with Crippen molar-refractivity contribution in [2.24, 2.45) is 11.8 Å². The van der Waals surface area contributed by atoms with E-state index in [-0.39, 0.29) is 0 Å². The number of nitrogens with zero attached hydrogens (tertiary/aromatic N) is 1. The molecule has 1 heterocycles. The summed E-state index contributed by atoms with van der Waals surface area (Å²) >= 11 is 0. The summed E-state index contributed by atoms with van der Waals surface area (Å²) in [6.07, 6.45) is 49.9. The molecule has 0 radical (unpaired) electrons. The first kappa shape index (κ1) is 42.9. The van der Waals surface area contributed by atoms with Crippen molar-refractivity contribution in [3.8, 4) is 0 Å². The van der Waals surface area contributed by atoms with Gasteiger partial charge in [-0.1, -0.05) is 140 Å². The van der Waals surface area contributed by atoms with Crippen molar-refractivity contribution in [2.45, 2.75) is 168 Å². The largest absolute Gasteiger partial charge is 0.381 e. The van der Waals surface area contributed by atoms with Crippen molar-refractivity contribution in [1.29, 1.82) is 0 Å². The third-order valence-corrected chi connectivity index (χ3v) is 9.40. The smallest absolute Gasteiger partial charge is 0.0510 e. The summed E-state index contributed by atoms with van der Waals surface area (Å²) in [5.74, 6) is 1.26. The van der Waals surface area contributed by atoms with Gasteiger partial charge in [0.2, 0.25) is 0 Å². The van der Waals surface area contributed by atoms with Gasteiger partial charge in [-0.25, -0.2) is 0 Å². The SMILES string of the molecule is CCCCC/C=C\C/C=C\CCCCCCCCOC[C@@H]1CN(C)C[C@H]1COCCCCCCCC/C=C\C/C=C\CCCCC. The summed E-state index contributed by atoms with van der Waals surface area (Å²) in [6.45, 7) is 10.5. The lowest BCUT2D eigenvalue weighted by Gasteiger charge is -2.18. The van der Waals surface area contributed by atoms with Crippen molar-refractivity contribution in [2.75, 3.05) is 46.6 Å². The molecule has 0 bridgehead atoms. The Balaban J connectivity index is 1.88. The van der Waals surface area contributed by atoms with Crippen LogP contribution in [0.4, 0.5) is 0 Å². The number of hydrogen-bond acceptors (Lipinski definition) is 3. The second kappa shape index (κ2) is 35.2. The van der Waals surface area contributed by atoms with Crippen LogP contribution in [0.5, 0.6) is 0 Å². The van der Waals surface area contributed by atoms with E-state index in [1.54, 1.807) is 0 Å². The molecule has 3 nitrogen and oxygen atoms in total. The van der Waals surface area contributed by atoms with Gasteiger partial charge in [-0.2, -0.15) is 0 Å². The Labute approximate surface area is 288 Å². The van der Waals surface area contributed by atoms with Crippen LogP contribution in [0, 0.1) is 11.8 Å². The second-order valence-electron chi connectivity index (χ2n) is 14.1. The average molecular weight is 642 g/mol. The standard InChI is InChI=1S/C43H79NO2/c1-4-6-8-10-12-14-16-18-20-22-24-26-28-30-32-34-36-45-40-42-38-44(3)39-43(42)41-46-37-35-33-31-29-27-25-23-21-19-17-15-13-11-9-7-5-2/h12-15,18-21,42-43H,4-11,16-17,22-41H2,1-3H3/b14-12-,15-13-,20-18-,21-19-/t42-,43-/m0/s1. The molecule has 46 heavy (non-hydrogen) atoms. The van der Waals surface area contributed by atoms with Crippen molar-refractivity contribution in [3.05, 3.63) is 48.6 Å². The number of hydrogen-bond donors (Lipinski definition) is 0. The molecule has 0 aromatic carbocycles. The summed E-state index contributed by atoms with van der Waals surface area (Å²) in [5.41, 5.74) is 0. The molecule has 0 aliphatic carbocycles. The van der Waals surface area contributed by atoms with E-state index in [0.29, 0.717) is 11.8 Å². The maximum Gasteiger partial charge on any atom is 0.0510 e. The second-order valence-corrected chi connectivity index (χ2v) is 14.1. The van der Waals surface area contributed by atoms with E-state index in [9.17, 15) is 0 Å². The lowest BCUT2D eigenvalue weighted by Crippen LogP contribution is -2.23. The number of allylic oxidation sites excluding steroid dienone is 8. The highest BCUT2D eigenvalue weighted by molar-refractivity contribution is 4.93. The van der Waals surface area contributed by atoms with Gasteiger partial charge in [-0.05, 0) is 84.1 Å². The van der Waals surface area contributed by atoms with Gasteiger partial charge in [0, 0.05) is 38.1 Å². The number of likely N-dealkylation sites (tertiary alicyclic amines) is 1. The Bertz CT molecular complexity index is 666. The normalized spacial score (nSPS) is 17.7. The summed E-state index contributed by atoms with van der Waals surface area (Å²) in [4.78, 5) is 2.46. The van der Waals surface area contributed by atoms with Crippen LogP contribution in [-0.2, 0) is 9.47 Å². The minimum atomic E-state index is 0.630. The first-order valence-corrected chi connectivity index (χ1v) is 20.2. The number of unbranched alkanes of at least 4 members (excludes halogenated alkanes) is 18. The molecule has 2 atom stereocenters. The third-order valence-electron chi connectivity index (χ3n) is 9.40. The van der Waals surface area contributed by atoms with Crippen molar-refractivity contribution in [1.82, 2.24) is 4.90 Å². The van der Waals surface area contributed by atoms with Crippen molar-refractivity contribution in [3.63, 3.8) is 0 Å². The van der Waals surface area contributed by atoms with E-state index in [4.69, 9.17) is 9.47 Å². The molecule has 1 fully saturated rings. The maximum atomic E-state index is 6.15. The summed E-state index contributed by atoms with van der Waals surface area (Å²) in [5, 5.41) is 0. The molecule has 0 unspecified atom stereocenters. The van der Waals surface area contributed by atoms with Crippen LogP contribution in [0.25, 0.3) is 0 Å². The maximum absolute atomic E-state index is 6.15. The Hall–Kier alpha value is -1.16. The number of rotatable bonds is 34. The zero-order chi connectivity index (χ0) is 33.0. The average Bonchev–Trinajstić information content (AvgIpc) is 3.42. The molecule has 0 saturated carbocycles. The predicted octanol–water partition coefficient (Wildman–Crippen LogP) is 12.8. The molecule has 0 spiro atoms. The van der Waals surface area contributed by atoms with E-state index < -0.39 is 0 Å². The molecule has 1 rings (SSSR count). The molecule has 1 saturated heterocycles. The zero-order valence-corrected chi connectivity index (χ0v) is 31.3. The lowest BCUT2D eigenvalue weighted by molar-refractivity contribution is 0.0482. The quantitative estimate of drug-likeness (QED) is 0.0515. The van der Waals surface area contributed by atoms with E-state index in [1.807, 2.05) is 0 Å². The van der Waals surface area contributed by atoms with Crippen LogP contribution in [-0.4, -0.2) is 51.5 Å². The molecule has 268 valence electrons. The molecule has 0 N–H and O–H groups in total. The van der Waals surface area contributed by atoms with Gasteiger partial charge in [0.15, 0.2) is 0 Å². The third kappa shape index (κ3) is 29.0. The van der Waals surface area contributed by atoms with Gasteiger partial charge in [0.1, 0.15) is 0 Å². The van der Waals surface area contributed by atoms with Crippen molar-refractivity contribution >= 4 is 0 Å². The van der Waals surface area contributed by atoms with Gasteiger partial charge in [-0.15, -0.1) is 0 Å². The Morgan fingerprint density at radius 3 is 1.13 bits per heavy atom. The highest BCUT2D eigenvalue weighted by atomic mass is 16.5. The van der Waals surface area contributed by atoms with Crippen LogP contribution < -0.4 is 0 Å². The fourth-order valence-corrected chi connectivity index (χ4v) is 6.40. The van der Waals surface area contributed by atoms with Gasteiger partial charge < -0.3 is 14.4 Å². The predicted molar refractivity (Wildman–Crippen MR) is 205 cm³/mol. The summed E-state index contributed by atoms with van der Waals surface area (Å²) in [7, 11) is 2.25. The number of ether oxygens (including phenoxy) is 2. The minimum Gasteiger partial charge on any atom is -0.381 e. The first-order valence-electron chi connectivity index (χ1n) is 20.2. The fourth-order valence-electron chi connectivity index (χ4n) is 6.40. The molecule has 0 aromatic heterocycles. The first-order chi connectivity index (χ1) is 22.8. The Morgan fingerprint density at radius 1 is 0.435 bits per heavy atom. The lowest BCUT2D eigenvalue weighted by atomic mass is 9.98. The molecule has 0 aromatic rings. The van der Waals surface area contributed by atoms with Gasteiger partial charge >= 0.3 is 0 Å². The van der Waals surface area contributed by atoms with E-state index in [1.165, 1.54) is 141 Å². The fraction of sp³-hybridized carbons (Fsp3) is 0.814. The molecular formula is C43H79NO2. The molecule has 1 aliphatic rings. The van der Waals surface area contributed by atoms with Gasteiger partial charge in [-0.3, -0.25) is 0 Å². The minimum absolute atomic E-state index is 0.630. The highest BCUT2D eigenvalue weighted by Crippen LogP contribution is 2.23. The van der Waals surface area contributed by atoms with Crippen LogP contribution >= 0.6 is 0 Å². The van der Waals surface area contributed by atoms with Crippen LogP contribution in [0.2, 0.25) is 0 Å². The van der Waals surface area contributed by atoms with E-state index in [0.717, 1.165) is 52.4 Å².